The van der Waals surface area contributed by atoms with Crippen LogP contribution < -0.4 is 9.64 Å². The lowest BCUT2D eigenvalue weighted by molar-refractivity contribution is 0.200. The molecule has 6 rings (SSSR count). The number of thiazole rings is 1. The summed E-state index contributed by atoms with van der Waals surface area (Å²) >= 11 is 1.74. The molecule has 0 unspecified atom stereocenters. The first-order valence-corrected chi connectivity index (χ1v) is 13.5. The van der Waals surface area contributed by atoms with Crippen molar-refractivity contribution in [2.24, 2.45) is 0 Å². The molecule has 0 spiro atoms. The number of phenols is 1. The number of benzene rings is 3. The second kappa shape index (κ2) is 10.8. The fourth-order valence-corrected chi connectivity index (χ4v) is 6.02. The number of hydrogen-bond acceptors (Lipinski definition) is 9. The Kier molecular flexibility index (Phi) is 6.89. The molecular formula is C28H29N7O2S. The number of anilines is 1. The van der Waals surface area contributed by atoms with E-state index in [1.165, 1.54) is 10.3 Å². The monoisotopic (exact) mass is 527 g/mol. The number of methoxy groups -OCH3 is 1. The molecule has 1 fully saturated rings. The molecule has 2 aromatic heterocycles. The minimum Gasteiger partial charge on any atom is -0.504 e. The molecule has 0 bridgehead atoms. The summed E-state index contributed by atoms with van der Waals surface area (Å²) in [5.74, 6) is 1.32. The van der Waals surface area contributed by atoms with Crippen LogP contribution in [-0.2, 0) is 13.0 Å². The van der Waals surface area contributed by atoms with Crippen LogP contribution in [-0.4, -0.2) is 68.5 Å². The zero-order valence-corrected chi connectivity index (χ0v) is 22.0. The highest BCUT2D eigenvalue weighted by Crippen LogP contribution is 2.35. The van der Waals surface area contributed by atoms with Gasteiger partial charge >= 0.3 is 0 Å². The maximum atomic E-state index is 10.2. The van der Waals surface area contributed by atoms with Gasteiger partial charge in [0.2, 0.25) is 0 Å². The summed E-state index contributed by atoms with van der Waals surface area (Å²) in [6.07, 6.45) is 0.829. The Balaban J connectivity index is 1.27. The molecule has 1 aliphatic heterocycles. The van der Waals surface area contributed by atoms with Gasteiger partial charge in [-0.05, 0) is 52.2 Å². The van der Waals surface area contributed by atoms with Crippen molar-refractivity contribution in [1.29, 1.82) is 0 Å². The molecular weight excluding hydrogens is 498 g/mol. The van der Waals surface area contributed by atoms with Crippen molar-refractivity contribution >= 4 is 26.7 Å². The number of phenolic OH excluding ortho intramolecular Hbond substituents is 1. The Bertz CT molecular complexity index is 1480. The average molecular weight is 528 g/mol. The van der Waals surface area contributed by atoms with Crippen LogP contribution in [0.25, 0.3) is 10.2 Å². The van der Waals surface area contributed by atoms with Gasteiger partial charge in [0.15, 0.2) is 22.5 Å². The highest BCUT2D eigenvalue weighted by molar-refractivity contribution is 7.22. The van der Waals surface area contributed by atoms with Gasteiger partial charge in [-0.15, -0.1) is 5.10 Å². The third-order valence-electron chi connectivity index (χ3n) is 7.01. The Morgan fingerprint density at radius 3 is 2.55 bits per heavy atom. The fraction of sp³-hybridized carbons (Fsp3) is 0.286. The van der Waals surface area contributed by atoms with Crippen molar-refractivity contribution in [3.63, 3.8) is 0 Å². The van der Waals surface area contributed by atoms with Crippen LogP contribution in [0.3, 0.4) is 0 Å². The van der Waals surface area contributed by atoms with E-state index in [0.29, 0.717) is 12.3 Å². The number of aromatic nitrogens is 5. The van der Waals surface area contributed by atoms with Crippen molar-refractivity contribution in [3.05, 3.63) is 89.7 Å². The van der Waals surface area contributed by atoms with E-state index in [9.17, 15) is 5.11 Å². The summed E-state index contributed by atoms with van der Waals surface area (Å²) < 4.78 is 8.54. The van der Waals surface area contributed by atoms with Crippen LogP contribution in [0.4, 0.5) is 5.13 Å². The molecule has 1 N–H and O–H groups in total. The standard InChI is InChI=1S/C28H29N7O2S/c1-37-24-19-21(11-12-23(24)36)26(27-30-31-32-35(27)14-13-20-7-3-2-4-8-20)33-15-17-34(18-16-33)28-29-22-9-5-6-10-25(22)38-28/h2-12,19,26,36H,13-18H2,1H3/t26-/m0/s1. The number of tetrazole rings is 1. The molecule has 1 atom stereocenters. The molecule has 0 saturated carbocycles. The lowest BCUT2D eigenvalue weighted by atomic mass is 10.0. The molecule has 10 heteroatoms. The van der Waals surface area contributed by atoms with E-state index in [-0.39, 0.29) is 11.8 Å². The van der Waals surface area contributed by atoms with Crippen molar-refractivity contribution in [2.45, 2.75) is 19.0 Å². The number of hydrogen-bond donors (Lipinski definition) is 1. The molecule has 194 valence electrons. The van der Waals surface area contributed by atoms with Gasteiger partial charge in [-0.1, -0.05) is 59.9 Å². The number of nitrogens with zero attached hydrogens (tertiary/aromatic N) is 7. The highest BCUT2D eigenvalue weighted by Gasteiger charge is 2.32. The molecule has 5 aromatic rings. The van der Waals surface area contributed by atoms with E-state index >= 15 is 0 Å². The second-order valence-corrected chi connectivity index (χ2v) is 10.3. The lowest BCUT2D eigenvalue weighted by Gasteiger charge is -2.38. The lowest BCUT2D eigenvalue weighted by Crippen LogP contribution is -2.48. The summed E-state index contributed by atoms with van der Waals surface area (Å²) in [4.78, 5) is 9.62. The smallest absolute Gasteiger partial charge is 0.186 e. The predicted molar refractivity (Wildman–Crippen MR) is 148 cm³/mol. The molecule has 3 aromatic carbocycles. The maximum Gasteiger partial charge on any atom is 0.186 e. The molecule has 1 saturated heterocycles. The molecule has 0 aliphatic carbocycles. The Hall–Kier alpha value is -4.02. The maximum absolute atomic E-state index is 10.2. The summed E-state index contributed by atoms with van der Waals surface area (Å²) in [6.45, 7) is 3.99. The van der Waals surface area contributed by atoms with Crippen LogP contribution in [0.1, 0.15) is 23.0 Å². The van der Waals surface area contributed by atoms with Crippen molar-refractivity contribution in [3.8, 4) is 11.5 Å². The normalized spacial score (nSPS) is 15.1. The number of rotatable bonds is 8. The summed E-state index contributed by atoms with van der Waals surface area (Å²) in [5, 5.41) is 24.2. The fourth-order valence-electron chi connectivity index (χ4n) is 5.00. The SMILES string of the molecule is COc1cc([C@@H](c2nnnn2CCc2ccccc2)N2CCN(c3nc4ccccc4s3)CC2)ccc1O. The topological polar surface area (TPSA) is 92.4 Å². The van der Waals surface area contributed by atoms with E-state index in [1.807, 2.05) is 41.1 Å². The van der Waals surface area contributed by atoms with Crippen molar-refractivity contribution in [2.75, 3.05) is 38.2 Å². The third kappa shape index (κ3) is 4.92. The highest BCUT2D eigenvalue weighted by atomic mass is 32.1. The average Bonchev–Trinajstić information content (AvgIpc) is 3.61. The first kappa shape index (κ1) is 24.3. The minimum atomic E-state index is -0.187. The first-order valence-electron chi connectivity index (χ1n) is 12.7. The Morgan fingerprint density at radius 1 is 0.974 bits per heavy atom. The van der Waals surface area contributed by atoms with E-state index in [2.05, 4.69) is 55.7 Å². The molecule has 0 radical (unpaired) electrons. The van der Waals surface area contributed by atoms with Gasteiger partial charge in [-0.2, -0.15) is 0 Å². The van der Waals surface area contributed by atoms with Crippen LogP contribution in [0, 0.1) is 0 Å². The summed E-state index contributed by atoms with van der Waals surface area (Å²) in [5.41, 5.74) is 3.26. The number of para-hydroxylation sites is 1. The van der Waals surface area contributed by atoms with E-state index in [1.54, 1.807) is 24.5 Å². The van der Waals surface area contributed by atoms with Gasteiger partial charge < -0.3 is 14.7 Å². The van der Waals surface area contributed by atoms with Gasteiger partial charge in [-0.3, -0.25) is 4.90 Å². The number of aromatic hydroxyl groups is 1. The number of piperazine rings is 1. The number of fused-ring (bicyclic) bond motifs is 1. The zero-order valence-electron chi connectivity index (χ0n) is 21.1. The zero-order chi connectivity index (χ0) is 25.9. The predicted octanol–water partition coefficient (Wildman–Crippen LogP) is 4.15. The number of ether oxygens (including phenoxy) is 1. The molecule has 3 heterocycles. The molecule has 1 aliphatic rings. The van der Waals surface area contributed by atoms with Crippen LogP contribution in [0.15, 0.2) is 72.8 Å². The minimum absolute atomic E-state index is 0.110. The van der Waals surface area contributed by atoms with E-state index in [4.69, 9.17) is 9.72 Å². The molecule has 38 heavy (non-hydrogen) atoms. The first-order chi connectivity index (χ1) is 18.7. The number of aryl methyl sites for hydroxylation is 2. The van der Waals surface area contributed by atoms with E-state index < -0.39 is 0 Å². The van der Waals surface area contributed by atoms with Crippen molar-refractivity contribution < 1.29 is 9.84 Å². The van der Waals surface area contributed by atoms with Gasteiger partial charge in [0, 0.05) is 32.7 Å². The van der Waals surface area contributed by atoms with Crippen LogP contribution >= 0.6 is 11.3 Å². The summed E-state index contributed by atoms with van der Waals surface area (Å²) in [6, 6.07) is 23.9. The quantitative estimate of drug-likeness (QED) is 0.322. The van der Waals surface area contributed by atoms with Crippen molar-refractivity contribution in [1.82, 2.24) is 30.1 Å². The summed E-state index contributed by atoms with van der Waals surface area (Å²) in [7, 11) is 1.56. The third-order valence-corrected chi connectivity index (χ3v) is 8.11. The Morgan fingerprint density at radius 2 is 1.76 bits per heavy atom. The Labute approximate surface area is 224 Å². The van der Waals surface area contributed by atoms with Gasteiger partial charge in [-0.25, -0.2) is 9.67 Å². The molecule has 9 nitrogen and oxygen atoms in total. The van der Waals surface area contributed by atoms with E-state index in [0.717, 1.165) is 54.6 Å². The van der Waals surface area contributed by atoms with Crippen LogP contribution in [0.5, 0.6) is 11.5 Å². The van der Waals surface area contributed by atoms with Crippen LogP contribution in [0.2, 0.25) is 0 Å². The molecule has 0 amide bonds. The second-order valence-electron chi connectivity index (χ2n) is 9.32. The largest absolute Gasteiger partial charge is 0.504 e. The van der Waals surface area contributed by atoms with Gasteiger partial charge in [0.25, 0.3) is 0 Å². The van der Waals surface area contributed by atoms with Gasteiger partial charge in [0.1, 0.15) is 0 Å². The van der Waals surface area contributed by atoms with Gasteiger partial charge in [0.05, 0.1) is 23.4 Å².